The van der Waals surface area contributed by atoms with E-state index in [9.17, 15) is 4.79 Å². The Hall–Kier alpha value is -3.58. The van der Waals surface area contributed by atoms with Crippen LogP contribution >= 0.6 is 12.6 Å². The molecule has 0 spiro atoms. The largest absolute Gasteiger partial charge is 0.370 e. The number of hydrogen-bond donors (Lipinski definition) is 3. The molecule has 1 amide bonds. The molecule has 0 aliphatic rings. The Bertz CT molecular complexity index is 1230. The fourth-order valence-electron chi connectivity index (χ4n) is 3.36. The van der Waals surface area contributed by atoms with Gasteiger partial charge in [0, 0.05) is 12.0 Å². The minimum absolute atomic E-state index is 0.0372. The molecular weight excluding hydrogens is 408 g/mol. The lowest BCUT2D eigenvalue weighted by Gasteiger charge is -2.07. The van der Waals surface area contributed by atoms with Crippen LogP contribution in [0, 0.1) is 0 Å². The number of nitrogens with two attached hydrogens (primary N) is 1. The lowest BCUT2D eigenvalue weighted by atomic mass is 10.0. The Morgan fingerprint density at radius 1 is 1.03 bits per heavy atom. The summed E-state index contributed by atoms with van der Waals surface area (Å²) in [6.45, 7) is 0.357. The molecule has 1 aromatic heterocycles. The van der Waals surface area contributed by atoms with Gasteiger partial charge in [-0.2, -0.15) is 12.6 Å². The van der Waals surface area contributed by atoms with Gasteiger partial charge in [0.1, 0.15) is 11.3 Å². The van der Waals surface area contributed by atoms with Crippen molar-refractivity contribution in [1.29, 1.82) is 0 Å². The fraction of sp³-hybridized carbons (Fsp3) is 0.125. The number of amides is 1. The first kappa shape index (κ1) is 20.7. The SMILES string of the molecule is NC(=NCc1ccc2ccccc2c1)NC(=O)c1c(-c2ccccc2)noc1CCS. The number of aryl methyl sites for hydroxylation is 1. The van der Waals surface area contributed by atoms with Gasteiger partial charge in [-0.3, -0.25) is 10.1 Å². The van der Waals surface area contributed by atoms with Gasteiger partial charge in [0.2, 0.25) is 0 Å². The second kappa shape index (κ2) is 9.49. The van der Waals surface area contributed by atoms with Gasteiger partial charge in [0.25, 0.3) is 5.91 Å². The number of rotatable bonds is 6. The zero-order valence-corrected chi connectivity index (χ0v) is 17.7. The van der Waals surface area contributed by atoms with Crippen LogP contribution in [0.4, 0.5) is 0 Å². The molecule has 3 N–H and O–H groups in total. The molecule has 0 bridgehead atoms. The van der Waals surface area contributed by atoms with Crippen molar-refractivity contribution in [2.75, 3.05) is 5.75 Å². The molecule has 0 fully saturated rings. The highest BCUT2D eigenvalue weighted by Crippen LogP contribution is 2.26. The van der Waals surface area contributed by atoms with Crippen molar-refractivity contribution in [2.24, 2.45) is 10.7 Å². The Morgan fingerprint density at radius 3 is 2.55 bits per heavy atom. The lowest BCUT2D eigenvalue weighted by molar-refractivity contribution is 0.0975. The lowest BCUT2D eigenvalue weighted by Crippen LogP contribution is -2.37. The summed E-state index contributed by atoms with van der Waals surface area (Å²) < 4.78 is 5.42. The molecule has 0 unspecified atom stereocenters. The minimum atomic E-state index is -0.406. The van der Waals surface area contributed by atoms with Gasteiger partial charge in [0.15, 0.2) is 11.7 Å². The van der Waals surface area contributed by atoms with Crippen LogP contribution < -0.4 is 11.1 Å². The van der Waals surface area contributed by atoms with Crippen molar-refractivity contribution in [3.8, 4) is 11.3 Å². The standard InChI is InChI=1S/C24H22N4O2S/c25-24(26-15-16-10-11-17-6-4-5-9-19(17)14-16)27-23(29)21-20(12-13-31)30-28-22(21)18-7-2-1-3-8-18/h1-11,14,31H,12-13,15H2,(H3,25,26,27,29). The molecular formula is C24H22N4O2S. The molecule has 4 rings (SSSR count). The minimum Gasteiger partial charge on any atom is -0.370 e. The van der Waals surface area contributed by atoms with Crippen molar-refractivity contribution in [1.82, 2.24) is 10.5 Å². The number of aliphatic imine (C=N–C) groups is 1. The molecule has 7 heteroatoms. The van der Waals surface area contributed by atoms with Crippen LogP contribution in [0.15, 0.2) is 82.3 Å². The second-order valence-electron chi connectivity index (χ2n) is 7.01. The number of fused-ring (bicyclic) bond motifs is 1. The van der Waals surface area contributed by atoms with Crippen molar-refractivity contribution in [3.63, 3.8) is 0 Å². The number of guanidine groups is 1. The second-order valence-corrected chi connectivity index (χ2v) is 7.45. The number of benzene rings is 3. The Labute approximate surface area is 185 Å². The summed E-state index contributed by atoms with van der Waals surface area (Å²) in [7, 11) is 0. The van der Waals surface area contributed by atoms with Gasteiger partial charge in [-0.1, -0.05) is 71.9 Å². The van der Waals surface area contributed by atoms with Crippen molar-refractivity contribution in [3.05, 3.63) is 89.7 Å². The number of hydrogen-bond acceptors (Lipinski definition) is 5. The van der Waals surface area contributed by atoms with E-state index in [0.29, 0.717) is 35.7 Å². The number of nitrogens with one attached hydrogen (secondary N) is 1. The van der Waals surface area contributed by atoms with E-state index in [1.54, 1.807) is 0 Å². The third kappa shape index (κ3) is 4.78. The fourth-order valence-corrected chi connectivity index (χ4v) is 3.56. The summed E-state index contributed by atoms with van der Waals surface area (Å²) in [5, 5.41) is 9.06. The summed E-state index contributed by atoms with van der Waals surface area (Å²) in [6, 6.07) is 23.6. The van der Waals surface area contributed by atoms with Gasteiger partial charge >= 0.3 is 0 Å². The molecule has 3 aromatic carbocycles. The van der Waals surface area contributed by atoms with E-state index in [0.717, 1.165) is 21.9 Å². The maximum Gasteiger partial charge on any atom is 0.263 e. The molecule has 0 saturated heterocycles. The highest BCUT2D eigenvalue weighted by atomic mass is 32.1. The number of aromatic nitrogens is 1. The van der Waals surface area contributed by atoms with Gasteiger partial charge in [0.05, 0.1) is 6.54 Å². The summed E-state index contributed by atoms with van der Waals surface area (Å²) >= 11 is 4.25. The molecule has 31 heavy (non-hydrogen) atoms. The molecule has 0 aliphatic heterocycles. The quantitative estimate of drug-likeness (QED) is 0.243. The van der Waals surface area contributed by atoms with E-state index in [1.165, 1.54) is 0 Å². The third-order valence-electron chi connectivity index (χ3n) is 4.86. The van der Waals surface area contributed by atoms with Crippen LogP contribution in [0.25, 0.3) is 22.0 Å². The van der Waals surface area contributed by atoms with Crippen molar-refractivity contribution >= 4 is 35.3 Å². The zero-order valence-electron chi connectivity index (χ0n) is 16.8. The van der Waals surface area contributed by atoms with Gasteiger partial charge in [-0.05, 0) is 28.2 Å². The summed E-state index contributed by atoms with van der Waals surface area (Å²) in [5.41, 5.74) is 8.61. The average Bonchev–Trinajstić information content (AvgIpc) is 3.22. The van der Waals surface area contributed by atoms with Crippen LogP contribution in [0.1, 0.15) is 21.7 Å². The highest BCUT2D eigenvalue weighted by molar-refractivity contribution is 7.80. The van der Waals surface area contributed by atoms with E-state index in [2.05, 4.69) is 40.2 Å². The Morgan fingerprint density at radius 2 is 1.77 bits per heavy atom. The molecule has 0 aliphatic carbocycles. The third-order valence-corrected chi connectivity index (χ3v) is 5.09. The van der Waals surface area contributed by atoms with Crippen LogP contribution in [0.3, 0.4) is 0 Å². The maximum atomic E-state index is 13.0. The van der Waals surface area contributed by atoms with E-state index in [-0.39, 0.29) is 5.96 Å². The first-order valence-corrected chi connectivity index (χ1v) is 10.5. The Kier molecular flexibility index (Phi) is 6.33. The van der Waals surface area contributed by atoms with Gasteiger partial charge in [-0.15, -0.1) is 0 Å². The molecule has 1 heterocycles. The van der Waals surface area contributed by atoms with E-state index < -0.39 is 5.91 Å². The highest BCUT2D eigenvalue weighted by Gasteiger charge is 2.24. The monoisotopic (exact) mass is 430 g/mol. The molecule has 0 atom stereocenters. The average molecular weight is 431 g/mol. The Balaban J connectivity index is 1.53. The van der Waals surface area contributed by atoms with Crippen LogP contribution in [-0.2, 0) is 13.0 Å². The van der Waals surface area contributed by atoms with Crippen LogP contribution in [0.5, 0.6) is 0 Å². The van der Waals surface area contributed by atoms with Gasteiger partial charge < -0.3 is 10.3 Å². The van der Waals surface area contributed by atoms with Crippen molar-refractivity contribution in [2.45, 2.75) is 13.0 Å². The number of carbonyl (C=O) groups is 1. The van der Waals surface area contributed by atoms with E-state index in [1.807, 2.05) is 60.7 Å². The number of nitrogens with zero attached hydrogens (tertiary/aromatic N) is 2. The molecule has 6 nitrogen and oxygen atoms in total. The zero-order chi connectivity index (χ0) is 21.6. The predicted molar refractivity (Wildman–Crippen MR) is 126 cm³/mol. The number of carbonyl (C=O) groups excluding carboxylic acids is 1. The molecule has 4 aromatic rings. The first-order chi connectivity index (χ1) is 15.2. The predicted octanol–water partition coefficient (Wildman–Crippen LogP) is 4.21. The summed E-state index contributed by atoms with van der Waals surface area (Å²) in [5.74, 6) is 0.621. The van der Waals surface area contributed by atoms with E-state index >= 15 is 0 Å². The van der Waals surface area contributed by atoms with Gasteiger partial charge in [-0.25, -0.2) is 4.99 Å². The molecule has 0 radical (unpaired) electrons. The maximum absolute atomic E-state index is 13.0. The first-order valence-electron chi connectivity index (χ1n) is 9.89. The van der Waals surface area contributed by atoms with Crippen LogP contribution in [-0.4, -0.2) is 22.8 Å². The smallest absolute Gasteiger partial charge is 0.263 e. The normalized spacial score (nSPS) is 11.6. The summed E-state index contributed by atoms with van der Waals surface area (Å²) in [4.78, 5) is 17.3. The van der Waals surface area contributed by atoms with Crippen molar-refractivity contribution < 1.29 is 9.32 Å². The topological polar surface area (TPSA) is 93.5 Å². The molecule has 0 saturated carbocycles. The molecule has 156 valence electrons. The number of thiol groups is 1. The van der Waals surface area contributed by atoms with E-state index in [4.69, 9.17) is 10.3 Å². The summed E-state index contributed by atoms with van der Waals surface area (Å²) in [6.07, 6.45) is 0.472. The van der Waals surface area contributed by atoms with Crippen LogP contribution in [0.2, 0.25) is 0 Å².